The van der Waals surface area contributed by atoms with E-state index in [1.807, 2.05) is 20.8 Å². The van der Waals surface area contributed by atoms with Crippen molar-refractivity contribution in [3.05, 3.63) is 12.2 Å². The molecule has 0 radical (unpaired) electrons. The van der Waals surface area contributed by atoms with Gasteiger partial charge in [-0.25, -0.2) is 4.79 Å². The molecule has 1 N–H and O–H groups in total. The van der Waals surface area contributed by atoms with E-state index >= 15 is 0 Å². The van der Waals surface area contributed by atoms with Crippen LogP contribution in [-0.2, 0) is 23.8 Å². The Morgan fingerprint density at radius 1 is 1.25 bits per heavy atom. The second-order valence-corrected chi connectivity index (χ2v) is 6.97. The zero-order valence-corrected chi connectivity index (χ0v) is 15.2. The predicted octanol–water partition coefficient (Wildman–Crippen LogP) is 2.38. The van der Waals surface area contributed by atoms with Gasteiger partial charge in [-0.2, -0.15) is 0 Å². The van der Waals surface area contributed by atoms with E-state index in [-0.39, 0.29) is 31.4 Å². The zero-order valence-electron chi connectivity index (χ0n) is 15.2. The number of hydrogen-bond acceptors (Lipinski definition) is 6. The summed E-state index contributed by atoms with van der Waals surface area (Å²) in [5, 5.41) is 10.1. The van der Waals surface area contributed by atoms with Crippen molar-refractivity contribution in [2.45, 2.75) is 71.7 Å². The van der Waals surface area contributed by atoms with Crippen LogP contribution in [0.4, 0.5) is 0 Å². The molecule has 1 rings (SSSR count). The summed E-state index contributed by atoms with van der Waals surface area (Å²) in [6, 6.07) is 0. The van der Waals surface area contributed by atoms with Crippen molar-refractivity contribution in [1.82, 2.24) is 0 Å². The summed E-state index contributed by atoms with van der Waals surface area (Å²) in [4.78, 5) is 23.3. The van der Waals surface area contributed by atoms with E-state index < -0.39 is 17.5 Å². The Hall–Kier alpha value is -1.40. The molecule has 1 fully saturated rings. The van der Waals surface area contributed by atoms with Gasteiger partial charge in [-0.1, -0.05) is 13.5 Å². The molecule has 0 saturated heterocycles. The molecule has 3 unspecified atom stereocenters. The van der Waals surface area contributed by atoms with Crippen LogP contribution in [0.2, 0.25) is 0 Å². The fourth-order valence-corrected chi connectivity index (χ4v) is 2.31. The molecule has 1 saturated carbocycles. The lowest BCUT2D eigenvalue weighted by molar-refractivity contribution is -0.159. The monoisotopic (exact) mass is 342 g/mol. The molecule has 0 spiro atoms. The van der Waals surface area contributed by atoms with Crippen LogP contribution < -0.4 is 0 Å². The van der Waals surface area contributed by atoms with Gasteiger partial charge in [0, 0.05) is 12.0 Å². The highest BCUT2D eigenvalue weighted by Gasteiger charge is 2.32. The maximum atomic E-state index is 11.8. The highest BCUT2D eigenvalue weighted by Crippen LogP contribution is 2.25. The average Bonchev–Trinajstić information content (AvgIpc) is 2.52. The fraction of sp³-hybridized carbons (Fsp3) is 0.778. The molecular formula is C18H30O6. The zero-order chi connectivity index (χ0) is 18.3. The summed E-state index contributed by atoms with van der Waals surface area (Å²) in [7, 11) is 0. The largest absolute Gasteiger partial charge is 0.463 e. The van der Waals surface area contributed by atoms with Crippen molar-refractivity contribution in [3.63, 3.8) is 0 Å². The first-order valence-electron chi connectivity index (χ1n) is 8.50. The summed E-state index contributed by atoms with van der Waals surface area (Å²) < 4.78 is 16.1. The van der Waals surface area contributed by atoms with Gasteiger partial charge >= 0.3 is 11.9 Å². The number of aliphatic hydroxyl groups is 1. The average molecular weight is 342 g/mol. The normalized spacial score (nSPS) is 24.3. The smallest absolute Gasteiger partial charge is 0.333 e. The minimum Gasteiger partial charge on any atom is -0.463 e. The molecular weight excluding hydrogens is 312 g/mol. The van der Waals surface area contributed by atoms with Crippen LogP contribution in [0.15, 0.2) is 12.2 Å². The first-order valence-corrected chi connectivity index (χ1v) is 8.50. The summed E-state index contributed by atoms with van der Waals surface area (Å²) in [6.07, 6.45) is 0.914. The highest BCUT2D eigenvalue weighted by atomic mass is 16.6. The van der Waals surface area contributed by atoms with Gasteiger partial charge in [-0.15, -0.1) is 0 Å². The van der Waals surface area contributed by atoms with Gasteiger partial charge in [0.2, 0.25) is 0 Å². The SMILES string of the molecule is C=C(C)C(=O)OC1CCC(OCCOC(=O)C(C)(C)CC)C(O)C1. The van der Waals surface area contributed by atoms with Crippen molar-refractivity contribution >= 4 is 11.9 Å². The molecule has 1 aliphatic carbocycles. The number of esters is 2. The van der Waals surface area contributed by atoms with Crippen LogP contribution in [0.3, 0.4) is 0 Å². The molecule has 0 aromatic heterocycles. The maximum Gasteiger partial charge on any atom is 0.333 e. The van der Waals surface area contributed by atoms with E-state index in [2.05, 4.69) is 6.58 Å². The number of ether oxygens (including phenoxy) is 3. The molecule has 138 valence electrons. The minimum absolute atomic E-state index is 0.166. The highest BCUT2D eigenvalue weighted by molar-refractivity contribution is 5.87. The van der Waals surface area contributed by atoms with Gasteiger partial charge in [0.05, 0.1) is 24.2 Å². The number of carbonyl (C=O) groups excluding carboxylic acids is 2. The third kappa shape index (κ3) is 6.24. The number of hydrogen-bond donors (Lipinski definition) is 1. The van der Waals surface area contributed by atoms with Gasteiger partial charge in [0.15, 0.2) is 0 Å². The molecule has 0 aromatic rings. The summed E-state index contributed by atoms with van der Waals surface area (Å²) in [5.41, 5.74) is -0.148. The summed E-state index contributed by atoms with van der Waals surface area (Å²) in [5.74, 6) is -0.679. The summed E-state index contributed by atoms with van der Waals surface area (Å²) >= 11 is 0. The van der Waals surface area contributed by atoms with Gasteiger partial charge in [-0.05, 0) is 40.0 Å². The molecule has 1 aliphatic rings. The van der Waals surface area contributed by atoms with E-state index in [9.17, 15) is 14.7 Å². The predicted molar refractivity (Wildman–Crippen MR) is 89.3 cm³/mol. The van der Waals surface area contributed by atoms with Gasteiger partial charge in [0.25, 0.3) is 0 Å². The van der Waals surface area contributed by atoms with Crippen LogP contribution in [-0.4, -0.2) is 48.6 Å². The van der Waals surface area contributed by atoms with Crippen molar-refractivity contribution in [2.75, 3.05) is 13.2 Å². The van der Waals surface area contributed by atoms with Crippen molar-refractivity contribution in [2.24, 2.45) is 5.41 Å². The molecule has 0 amide bonds. The van der Waals surface area contributed by atoms with Crippen LogP contribution in [0.1, 0.15) is 53.4 Å². The first-order chi connectivity index (χ1) is 11.2. The van der Waals surface area contributed by atoms with Crippen molar-refractivity contribution in [3.8, 4) is 0 Å². The third-order valence-corrected chi connectivity index (χ3v) is 4.41. The van der Waals surface area contributed by atoms with Gasteiger partial charge in [-0.3, -0.25) is 4.79 Å². The Kier molecular flexibility index (Phi) is 7.90. The molecule has 0 heterocycles. The Labute approximate surface area is 144 Å². The first kappa shape index (κ1) is 20.6. The Morgan fingerprint density at radius 3 is 2.46 bits per heavy atom. The summed E-state index contributed by atoms with van der Waals surface area (Å²) in [6.45, 7) is 11.2. The third-order valence-electron chi connectivity index (χ3n) is 4.41. The lowest BCUT2D eigenvalue weighted by Gasteiger charge is -2.32. The molecule has 6 nitrogen and oxygen atoms in total. The molecule has 24 heavy (non-hydrogen) atoms. The van der Waals surface area contributed by atoms with Crippen LogP contribution in [0, 0.1) is 5.41 Å². The van der Waals surface area contributed by atoms with E-state index in [0.717, 1.165) is 0 Å². The fourth-order valence-electron chi connectivity index (χ4n) is 2.31. The van der Waals surface area contributed by atoms with E-state index in [4.69, 9.17) is 14.2 Å². The maximum absolute atomic E-state index is 11.8. The Balaban J connectivity index is 2.28. The van der Waals surface area contributed by atoms with E-state index in [0.29, 0.717) is 31.3 Å². The number of carbonyl (C=O) groups is 2. The van der Waals surface area contributed by atoms with Gasteiger partial charge in [0.1, 0.15) is 12.7 Å². The molecule has 0 bridgehead atoms. The molecule has 3 atom stereocenters. The van der Waals surface area contributed by atoms with E-state index in [1.165, 1.54) is 0 Å². The molecule has 0 aromatic carbocycles. The number of aliphatic hydroxyl groups excluding tert-OH is 1. The Bertz CT molecular complexity index is 456. The van der Waals surface area contributed by atoms with Crippen LogP contribution >= 0.6 is 0 Å². The number of rotatable bonds is 8. The van der Waals surface area contributed by atoms with Crippen molar-refractivity contribution < 1.29 is 28.9 Å². The quantitative estimate of drug-likeness (QED) is 0.414. The second kappa shape index (κ2) is 9.18. The second-order valence-electron chi connectivity index (χ2n) is 6.97. The lowest BCUT2D eigenvalue weighted by atomic mass is 9.91. The lowest BCUT2D eigenvalue weighted by Crippen LogP contribution is -2.40. The standard InChI is InChI=1S/C18H30O6/c1-6-18(4,5)17(21)23-10-9-22-15-8-7-13(11-14(15)19)24-16(20)12(2)3/h13-15,19H,2,6-11H2,1,3-5H3. The molecule has 6 heteroatoms. The topological polar surface area (TPSA) is 82.1 Å². The minimum atomic E-state index is -0.704. The molecule has 0 aliphatic heterocycles. The van der Waals surface area contributed by atoms with Crippen molar-refractivity contribution in [1.29, 1.82) is 0 Å². The van der Waals surface area contributed by atoms with Crippen LogP contribution in [0.25, 0.3) is 0 Å². The Morgan fingerprint density at radius 2 is 1.92 bits per heavy atom. The van der Waals surface area contributed by atoms with Crippen LogP contribution in [0.5, 0.6) is 0 Å². The van der Waals surface area contributed by atoms with E-state index in [1.54, 1.807) is 6.92 Å². The van der Waals surface area contributed by atoms with Gasteiger partial charge < -0.3 is 19.3 Å².